The summed E-state index contributed by atoms with van der Waals surface area (Å²) >= 11 is 0. The highest BCUT2D eigenvalue weighted by Crippen LogP contribution is 2.22. The van der Waals surface area contributed by atoms with E-state index in [4.69, 9.17) is 9.47 Å². The van der Waals surface area contributed by atoms with Gasteiger partial charge in [0.2, 0.25) is 0 Å². The predicted molar refractivity (Wildman–Crippen MR) is 104 cm³/mol. The number of rotatable bonds is 9. The number of aliphatic hydroxyl groups excluding tert-OH is 1. The molecule has 0 radical (unpaired) electrons. The summed E-state index contributed by atoms with van der Waals surface area (Å²) in [6, 6.07) is 16.3. The van der Waals surface area contributed by atoms with Gasteiger partial charge >= 0.3 is 0 Å². The van der Waals surface area contributed by atoms with Crippen molar-refractivity contribution in [1.82, 2.24) is 4.90 Å². The Kier molecular flexibility index (Phi) is 6.92. The maximum absolute atomic E-state index is 10.2. The third kappa shape index (κ3) is 5.48. The third-order valence-corrected chi connectivity index (χ3v) is 4.89. The highest BCUT2D eigenvalue weighted by atomic mass is 16.5. The van der Waals surface area contributed by atoms with Gasteiger partial charge in [0.05, 0.1) is 7.11 Å². The van der Waals surface area contributed by atoms with Gasteiger partial charge in [-0.1, -0.05) is 30.3 Å². The van der Waals surface area contributed by atoms with Crippen molar-refractivity contribution in [2.45, 2.75) is 31.8 Å². The third-order valence-electron chi connectivity index (χ3n) is 4.89. The van der Waals surface area contributed by atoms with E-state index < -0.39 is 6.10 Å². The molecule has 0 saturated carbocycles. The fourth-order valence-corrected chi connectivity index (χ4v) is 3.46. The molecule has 0 spiro atoms. The Hall–Kier alpha value is -2.04. The summed E-state index contributed by atoms with van der Waals surface area (Å²) in [5, 5.41) is 10.2. The maximum atomic E-state index is 10.2. The largest absolute Gasteiger partial charge is 0.497 e. The molecule has 1 aliphatic heterocycles. The molecule has 0 aliphatic carbocycles. The fraction of sp³-hybridized carbons (Fsp3) is 0.455. The van der Waals surface area contributed by atoms with Gasteiger partial charge in [-0.2, -0.15) is 0 Å². The fourth-order valence-electron chi connectivity index (χ4n) is 3.46. The maximum Gasteiger partial charge on any atom is 0.122 e. The number of nitrogens with zero attached hydrogens (tertiary/aromatic N) is 1. The molecular weight excluding hydrogens is 326 g/mol. The lowest BCUT2D eigenvalue weighted by molar-refractivity contribution is 0.0754. The second-order valence-electron chi connectivity index (χ2n) is 6.93. The number of benzene rings is 2. The normalized spacial score (nSPS) is 15.8. The summed E-state index contributed by atoms with van der Waals surface area (Å²) in [5.41, 5.74) is 2.41. The van der Waals surface area contributed by atoms with Crippen LogP contribution in [0.2, 0.25) is 0 Å². The lowest BCUT2D eigenvalue weighted by Gasteiger charge is -2.20. The molecule has 2 aromatic rings. The quantitative estimate of drug-likeness (QED) is 0.749. The molecule has 0 aromatic heterocycles. The molecule has 1 atom stereocenters. The number of hydrogen-bond donors (Lipinski definition) is 1. The Morgan fingerprint density at radius 2 is 1.85 bits per heavy atom. The number of para-hydroxylation sites is 1. The van der Waals surface area contributed by atoms with Gasteiger partial charge in [-0.25, -0.2) is 0 Å². The number of β-amino-alcohol motifs (C(OH)–C–C–N with tert-alkyl or cyclic N) is 1. The molecule has 4 heteroatoms. The van der Waals surface area contributed by atoms with Gasteiger partial charge < -0.3 is 19.5 Å². The molecule has 3 rings (SSSR count). The summed E-state index contributed by atoms with van der Waals surface area (Å²) in [6.45, 7) is 3.22. The summed E-state index contributed by atoms with van der Waals surface area (Å²) in [5.74, 6) is 1.76. The van der Waals surface area contributed by atoms with Crippen LogP contribution in [0.3, 0.4) is 0 Å². The van der Waals surface area contributed by atoms with E-state index in [-0.39, 0.29) is 0 Å². The summed E-state index contributed by atoms with van der Waals surface area (Å²) < 4.78 is 11.2. The van der Waals surface area contributed by atoms with Gasteiger partial charge in [0.1, 0.15) is 24.2 Å². The van der Waals surface area contributed by atoms with Crippen LogP contribution in [-0.2, 0) is 12.8 Å². The zero-order valence-corrected chi connectivity index (χ0v) is 15.6. The monoisotopic (exact) mass is 355 g/mol. The lowest BCUT2D eigenvalue weighted by Crippen LogP contribution is -2.33. The SMILES string of the molecule is COc1cccc(CCc2ccccc2OC[C@@H](O)CN2CCCC2)c1. The summed E-state index contributed by atoms with van der Waals surface area (Å²) in [4.78, 5) is 2.31. The number of aliphatic hydroxyl groups is 1. The van der Waals surface area contributed by atoms with E-state index in [0.717, 1.165) is 37.4 Å². The highest BCUT2D eigenvalue weighted by molar-refractivity contribution is 5.35. The first-order chi connectivity index (χ1) is 12.7. The van der Waals surface area contributed by atoms with Gasteiger partial charge in [-0.3, -0.25) is 0 Å². The smallest absolute Gasteiger partial charge is 0.122 e. The van der Waals surface area contributed by atoms with Crippen molar-refractivity contribution in [1.29, 1.82) is 0 Å². The summed E-state index contributed by atoms with van der Waals surface area (Å²) in [7, 11) is 1.69. The molecule has 1 saturated heterocycles. The zero-order chi connectivity index (χ0) is 18.2. The first kappa shape index (κ1) is 18.7. The molecule has 4 nitrogen and oxygen atoms in total. The van der Waals surface area contributed by atoms with Crippen LogP contribution in [-0.4, -0.2) is 49.5 Å². The topological polar surface area (TPSA) is 41.9 Å². The Morgan fingerprint density at radius 1 is 1.04 bits per heavy atom. The first-order valence-electron chi connectivity index (χ1n) is 9.48. The number of hydrogen-bond acceptors (Lipinski definition) is 4. The second-order valence-corrected chi connectivity index (χ2v) is 6.93. The number of ether oxygens (including phenoxy) is 2. The molecule has 1 fully saturated rings. The van der Waals surface area contributed by atoms with Crippen LogP contribution in [0.25, 0.3) is 0 Å². The van der Waals surface area contributed by atoms with Gasteiger partial charge in [0, 0.05) is 6.54 Å². The van der Waals surface area contributed by atoms with Gasteiger partial charge in [-0.15, -0.1) is 0 Å². The van der Waals surface area contributed by atoms with Crippen LogP contribution in [0.4, 0.5) is 0 Å². The predicted octanol–water partition coefficient (Wildman–Crippen LogP) is 3.32. The van der Waals surface area contributed by atoms with E-state index in [0.29, 0.717) is 13.2 Å². The molecule has 0 amide bonds. The van der Waals surface area contributed by atoms with E-state index >= 15 is 0 Å². The molecule has 1 heterocycles. The minimum atomic E-state index is -0.445. The van der Waals surface area contributed by atoms with Crippen molar-refractivity contribution in [3.05, 3.63) is 59.7 Å². The number of methoxy groups -OCH3 is 1. The van der Waals surface area contributed by atoms with Crippen molar-refractivity contribution in [3.8, 4) is 11.5 Å². The average Bonchev–Trinajstić information content (AvgIpc) is 3.18. The molecule has 1 aliphatic rings. The first-order valence-corrected chi connectivity index (χ1v) is 9.48. The van der Waals surface area contributed by atoms with E-state index in [1.165, 1.54) is 24.0 Å². The van der Waals surface area contributed by atoms with Crippen molar-refractivity contribution >= 4 is 0 Å². The number of aryl methyl sites for hydroxylation is 2. The molecule has 140 valence electrons. The van der Waals surface area contributed by atoms with Crippen LogP contribution in [0.1, 0.15) is 24.0 Å². The van der Waals surface area contributed by atoms with Crippen LogP contribution < -0.4 is 9.47 Å². The standard InChI is InChI=1S/C22H29NO3/c1-25-21-9-6-7-18(15-21)11-12-19-8-2-3-10-22(19)26-17-20(24)16-23-13-4-5-14-23/h2-3,6-10,15,20,24H,4-5,11-14,16-17H2,1H3/t20-/m0/s1. The molecule has 0 unspecified atom stereocenters. The van der Waals surface area contributed by atoms with Crippen LogP contribution in [0, 0.1) is 0 Å². The van der Waals surface area contributed by atoms with Crippen molar-refractivity contribution in [3.63, 3.8) is 0 Å². The van der Waals surface area contributed by atoms with Crippen molar-refractivity contribution < 1.29 is 14.6 Å². The molecule has 1 N–H and O–H groups in total. The zero-order valence-electron chi connectivity index (χ0n) is 15.6. The van der Waals surface area contributed by atoms with Crippen LogP contribution >= 0.6 is 0 Å². The molecule has 26 heavy (non-hydrogen) atoms. The van der Waals surface area contributed by atoms with Gasteiger partial charge in [0.15, 0.2) is 0 Å². The number of likely N-dealkylation sites (tertiary alicyclic amines) is 1. The minimum Gasteiger partial charge on any atom is -0.497 e. The van der Waals surface area contributed by atoms with Gasteiger partial charge in [-0.05, 0) is 68.1 Å². The van der Waals surface area contributed by atoms with E-state index in [1.54, 1.807) is 7.11 Å². The van der Waals surface area contributed by atoms with Crippen molar-refractivity contribution in [2.75, 3.05) is 33.4 Å². The van der Waals surface area contributed by atoms with E-state index in [1.807, 2.05) is 30.3 Å². The van der Waals surface area contributed by atoms with Crippen molar-refractivity contribution in [2.24, 2.45) is 0 Å². The molecule has 0 bridgehead atoms. The van der Waals surface area contributed by atoms with Crippen LogP contribution in [0.5, 0.6) is 11.5 Å². The lowest BCUT2D eigenvalue weighted by atomic mass is 10.0. The van der Waals surface area contributed by atoms with Crippen LogP contribution in [0.15, 0.2) is 48.5 Å². The molecule has 2 aromatic carbocycles. The minimum absolute atomic E-state index is 0.340. The van der Waals surface area contributed by atoms with E-state index in [9.17, 15) is 5.11 Å². The van der Waals surface area contributed by atoms with Gasteiger partial charge in [0.25, 0.3) is 0 Å². The highest BCUT2D eigenvalue weighted by Gasteiger charge is 2.16. The second kappa shape index (κ2) is 9.60. The Balaban J connectivity index is 1.53. The summed E-state index contributed by atoms with van der Waals surface area (Å²) in [6.07, 6.45) is 3.85. The average molecular weight is 355 g/mol. The van der Waals surface area contributed by atoms with E-state index in [2.05, 4.69) is 23.1 Å². The Bertz CT molecular complexity index is 683. The molecular formula is C22H29NO3. The Morgan fingerprint density at radius 3 is 2.65 bits per heavy atom. The Labute approximate surface area is 156 Å².